The lowest BCUT2D eigenvalue weighted by atomic mass is 10.1. The minimum atomic E-state index is 0.372. The molecule has 0 aliphatic heterocycles. The lowest BCUT2D eigenvalue weighted by Gasteiger charge is -2.04. The highest BCUT2D eigenvalue weighted by molar-refractivity contribution is 6.29. The van der Waals surface area contributed by atoms with E-state index in [1.165, 1.54) is 6.33 Å². The summed E-state index contributed by atoms with van der Waals surface area (Å²) in [4.78, 5) is 8.12. The van der Waals surface area contributed by atoms with Crippen LogP contribution in [0.25, 0.3) is 22.3 Å². The van der Waals surface area contributed by atoms with Crippen molar-refractivity contribution in [3.63, 3.8) is 0 Å². The Morgan fingerprint density at radius 2 is 2.10 bits per heavy atom. The molecular formula is C14H11ClN4O. The van der Waals surface area contributed by atoms with Crippen molar-refractivity contribution in [1.82, 2.24) is 20.2 Å². The van der Waals surface area contributed by atoms with Crippen LogP contribution in [0.2, 0.25) is 5.15 Å². The maximum absolute atomic E-state index is 5.91. The van der Waals surface area contributed by atoms with E-state index < -0.39 is 0 Å². The van der Waals surface area contributed by atoms with Crippen LogP contribution >= 0.6 is 11.6 Å². The molecule has 0 radical (unpaired) electrons. The third-order valence-electron chi connectivity index (χ3n) is 3.24. The van der Waals surface area contributed by atoms with Crippen LogP contribution in [0.5, 0.6) is 5.75 Å². The van der Waals surface area contributed by atoms with Gasteiger partial charge in [0.05, 0.1) is 23.0 Å². The van der Waals surface area contributed by atoms with Crippen LogP contribution in [-0.4, -0.2) is 26.3 Å². The number of benzene rings is 1. The van der Waals surface area contributed by atoms with Crippen LogP contribution in [0.15, 0.2) is 30.6 Å². The van der Waals surface area contributed by atoms with E-state index >= 15 is 0 Å². The second-order valence-electron chi connectivity index (χ2n) is 4.82. The Hall–Kier alpha value is -2.14. The van der Waals surface area contributed by atoms with Crippen LogP contribution < -0.4 is 4.74 Å². The monoisotopic (exact) mass is 286 g/mol. The van der Waals surface area contributed by atoms with E-state index in [2.05, 4.69) is 20.2 Å². The van der Waals surface area contributed by atoms with Gasteiger partial charge in [0, 0.05) is 11.5 Å². The van der Waals surface area contributed by atoms with Gasteiger partial charge in [0.25, 0.3) is 0 Å². The Kier molecular flexibility index (Phi) is 2.60. The number of hydrogen-bond acceptors (Lipinski definition) is 4. The van der Waals surface area contributed by atoms with E-state index in [-0.39, 0.29) is 0 Å². The Labute approximate surface area is 120 Å². The molecule has 0 atom stereocenters. The van der Waals surface area contributed by atoms with Crippen LogP contribution in [-0.2, 0) is 0 Å². The summed E-state index contributed by atoms with van der Waals surface area (Å²) in [5.41, 5.74) is 2.42. The zero-order chi connectivity index (χ0) is 13.5. The number of hydrogen-bond donors (Lipinski definition) is 1. The summed E-state index contributed by atoms with van der Waals surface area (Å²) in [6, 6.07) is 7.58. The van der Waals surface area contributed by atoms with Crippen molar-refractivity contribution in [2.24, 2.45) is 0 Å². The quantitative estimate of drug-likeness (QED) is 0.751. The summed E-state index contributed by atoms with van der Waals surface area (Å²) < 4.78 is 5.82. The van der Waals surface area contributed by atoms with Crippen LogP contribution in [0.4, 0.5) is 0 Å². The number of rotatable bonds is 3. The molecule has 4 rings (SSSR count). The second kappa shape index (κ2) is 4.45. The van der Waals surface area contributed by atoms with Crippen LogP contribution in [0, 0.1) is 0 Å². The second-order valence-corrected chi connectivity index (χ2v) is 5.21. The standard InChI is InChI=1S/C14H11ClN4O/c15-13-6-12(16-7-17-13)14-10-5-9(20-8-1-2-8)3-4-11(10)18-19-14/h3-8H,1-2H2,(H,18,19). The van der Waals surface area contributed by atoms with E-state index in [1.807, 2.05) is 18.2 Å². The van der Waals surface area contributed by atoms with Gasteiger partial charge in [-0.3, -0.25) is 5.10 Å². The van der Waals surface area contributed by atoms with Gasteiger partial charge in [0.1, 0.15) is 17.2 Å². The van der Waals surface area contributed by atoms with Crippen LogP contribution in [0.3, 0.4) is 0 Å². The predicted octanol–water partition coefficient (Wildman–Crippen LogP) is 3.21. The average Bonchev–Trinajstić information content (AvgIpc) is 3.16. The summed E-state index contributed by atoms with van der Waals surface area (Å²) in [6.07, 6.45) is 4.08. The highest BCUT2D eigenvalue weighted by Gasteiger charge is 2.23. The minimum absolute atomic E-state index is 0.372. The number of nitrogens with zero attached hydrogens (tertiary/aromatic N) is 3. The molecule has 1 aromatic carbocycles. The number of ether oxygens (including phenoxy) is 1. The van der Waals surface area contributed by atoms with Crippen molar-refractivity contribution in [3.05, 3.63) is 35.7 Å². The van der Waals surface area contributed by atoms with Crippen molar-refractivity contribution in [1.29, 1.82) is 0 Å². The van der Waals surface area contributed by atoms with E-state index in [4.69, 9.17) is 16.3 Å². The van der Waals surface area contributed by atoms with E-state index in [1.54, 1.807) is 6.07 Å². The molecule has 100 valence electrons. The van der Waals surface area contributed by atoms with Crippen molar-refractivity contribution in [3.8, 4) is 17.1 Å². The van der Waals surface area contributed by atoms with E-state index in [9.17, 15) is 0 Å². The smallest absolute Gasteiger partial charge is 0.133 e. The molecule has 0 bridgehead atoms. The maximum Gasteiger partial charge on any atom is 0.133 e. The van der Waals surface area contributed by atoms with Crippen molar-refractivity contribution in [2.75, 3.05) is 0 Å². The van der Waals surface area contributed by atoms with Gasteiger partial charge in [0.2, 0.25) is 0 Å². The fraction of sp³-hybridized carbons (Fsp3) is 0.214. The predicted molar refractivity (Wildman–Crippen MR) is 75.8 cm³/mol. The minimum Gasteiger partial charge on any atom is -0.490 e. The molecule has 1 fully saturated rings. The summed E-state index contributed by atoms with van der Waals surface area (Å²) in [5.74, 6) is 0.864. The van der Waals surface area contributed by atoms with Gasteiger partial charge in [-0.25, -0.2) is 9.97 Å². The van der Waals surface area contributed by atoms with Gasteiger partial charge in [-0.1, -0.05) is 11.6 Å². The van der Waals surface area contributed by atoms with Gasteiger partial charge >= 0.3 is 0 Å². The molecule has 0 amide bonds. The first-order valence-corrected chi connectivity index (χ1v) is 6.80. The molecule has 5 nitrogen and oxygen atoms in total. The molecule has 0 saturated heterocycles. The lowest BCUT2D eigenvalue weighted by molar-refractivity contribution is 0.303. The summed E-state index contributed by atoms with van der Waals surface area (Å²) in [7, 11) is 0. The van der Waals surface area contributed by atoms with Gasteiger partial charge in [-0.2, -0.15) is 5.10 Å². The summed E-state index contributed by atoms with van der Waals surface area (Å²) in [6.45, 7) is 0. The molecule has 0 unspecified atom stereocenters. The Morgan fingerprint density at radius 3 is 2.90 bits per heavy atom. The number of aromatic amines is 1. The van der Waals surface area contributed by atoms with Crippen molar-refractivity contribution < 1.29 is 4.74 Å². The first kappa shape index (κ1) is 11.7. The van der Waals surface area contributed by atoms with E-state index in [0.29, 0.717) is 11.3 Å². The topological polar surface area (TPSA) is 63.7 Å². The Bertz CT molecular complexity index is 782. The molecule has 2 aromatic heterocycles. The highest BCUT2D eigenvalue weighted by Crippen LogP contribution is 2.32. The number of H-pyrrole nitrogens is 1. The van der Waals surface area contributed by atoms with Gasteiger partial charge in [-0.15, -0.1) is 0 Å². The summed E-state index contributed by atoms with van der Waals surface area (Å²) in [5, 5.41) is 8.65. The molecule has 1 saturated carbocycles. The van der Waals surface area contributed by atoms with Crippen molar-refractivity contribution >= 4 is 22.5 Å². The normalized spacial score (nSPS) is 14.7. The first-order chi connectivity index (χ1) is 9.79. The third kappa shape index (κ3) is 2.10. The molecule has 1 N–H and O–H groups in total. The molecule has 1 aliphatic rings. The number of halogens is 1. The fourth-order valence-electron chi connectivity index (χ4n) is 2.11. The zero-order valence-corrected chi connectivity index (χ0v) is 11.3. The molecular weight excluding hydrogens is 276 g/mol. The molecule has 0 spiro atoms. The zero-order valence-electron chi connectivity index (χ0n) is 10.5. The maximum atomic E-state index is 5.91. The number of nitrogens with one attached hydrogen (secondary N) is 1. The van der Waals surface area contributed by atoms with Gasteiger partial charge < -0.3 is 4.74 Å². The average molecular weight is 287 g/mol. The first-order valence-electron chi connectivity index (χ1n) is 6.42. The Morgan fingerprint density at radius 1 is 1.20 bits per heavy atom. The largest absolute Gasteiger partial charge is 0.490 e. The highest BCUT2D eigenvalue weighted by atomic mass is 35.5. The van der Waals surface area contributed by atoms with Gasteiger partial charge in [0.15, 0.2) is 0 Å². The van der Waals surface area contributed by atoms with Crippen molar-refractivity contribution in [2.45, 2.75) is 18.9 Å². The molecule has 20 heavy (non-hydrogen) atoms. The fourth-order valence-corrected chi connectivity index (χ4v) is 2.25. The SMILES string of the molecule is Clc1cc(-c2[nH]nc3ccc(OC4CC4)cc23)ncn1. The molecule has 6 heteroatoms. The molecule has 3 aromatic rings. The van der Waals surface area contributed by atoms with Gasteiger partial charge in [-0.05, 0) is 31.0 Å². The molecule has 2 heterocycles. The third-order valence-corrected chi connectivity index (χ3v) is 3.45. The Balaban J connectivity index is 1.82. The molecule has 1 aliphatic carbocycles. The number of fused-ring (bicyclic) bond motifs is 1. The number of aromatic nitrogens is 4. The van der Waals surface area contributed by atoms with Crippen LogP contribution in [0.1, 0.15) is 12.8 Å². The lowest BCUT2D eigenvalue weighted by Crippen LogP contribution is -1.95. The summed E-state index contributed by atoms with van der Waals surface area (Å²) >= 11 is 5.91. The van der Waals surface area contributed by atoms with E-state index in [0.717, 1.165) is 40.9 Å².